The van der Waals surface area contributed by atoms with Crippen molar-refractivity contribution >= 4 is 23.7 Å². The van der Waals surface area contributed by atoms with Crippen LogP contribution in [-0.4, -0.2) is 37.3 Å². The largest absolute Gasteiger partial charge is 0.120 e. The molecule has 0 nitrogen and oxygen atoms in total. The Morgan fingerprint density at radius 3 is 1.23 bits per heavy atom. The van der Waals surface area contributed by atoms with E-state index in [0.717, 1.165) is 0 Å². The fourth-order valence-corrected chi connectivity index (χ4v) is 9.48. The first-order valence-electron chi connectivity index (χ1n) is 5.54. The molecule has 0 aliphatic heterocycles. The molecule has 0 heterocycles. The Labute approximate surface area is 88.2 Å². The van der Waals surface area contributed by atoms with Crippen molar-refractivity contribution in [3.63, 3.8) is 0 Å². The third kappa shape index (κ3) is 3.52. The van der Waals surface area contributed by atoms with E-state index in [0.29, 0.717) is 4.80 Å². The molecule has 0 N–H and O–H groups in total. The van der Waals surface area contributed by atoms with Gasteiger partial charge in [-0.15, -0.1) is 15.8 Å². The normalized spacial score (nSPS) is 12.8. The fourth-order valence-electron chi connectivity index (χ4n) is 2.19. The molecule has 0 saturated carbocycles. The molecule has 78 valence electrons. The summed E-state index contributed by atoms with van der Waals surface area (Å²) in [5, 5.41) is 0. The molecule has 0 bridgehead atoms. The second-order valence-corrected chi connectivity index (χ2v) is 11.1. The van der Waals surface area contributed by atoms with Gasteiger partial charge < -0.3 is 0 Å². The lowest BCUT2D eigenvalue weighted by atomic mass is 10.1. The van der Waals surface area contributed by atoms with Crippen LogP contribution in [0, 0.1) is 0 Å². The van der Waals surface area contributed by atoms with Crippen LogP contribution in [0.15, 0.2) is 0 Å². The minimum absolute atomic E-state index is 0.278. The molecule has 0 radical (unpaired) electrons. The van der Waals surface area contributed by atoms with Gasteiger partial charge in [0.2, 0.25) is 0 Å². The van der Waals surface area contributed by atoms with Crippen molar-refractivity contribution in [2.45, 2.75) is 39.4 Å². The molecule has 0 unspecified atom stereocenters. The second kappa shape index (κ2) is 6.42. The summed E-state index contributed by atoms with van der Waals surface area (Å²) < 4.78 is 0. The Balaban J connectivity index is 4.48. The molecule has 13 heavy (non-hydrogen) atoms. The lowest BCUT2D eigenvalue weighted by Crippen LogP contribution is -2.24. The molecule has 0 rings (SSSR count). The highest BCUT2D eigenvalue weighted by atomic mass is 31.2. The molecule has 0 fully saturated rings. The van der Waals surface area contributed by atoms with Gasteiger partial charge in [-0.2, -0.15) is 0 Å². The van der Waals surface area contributed by atoms with Crippen LogP contribution in [0.3, 0.4) is 0 Å². The van der Waals surface area contributed by atoms with E-state index in [-0.39, 0.29) is 15.8 Å². The maximum Gasteiger partial charge on any atom is 0.120 e. The van der Waals surface area contributed by atoms with Gasteiger partial charge >= 0.3 is 0 Å². The number of hydrogen-bond acceptors (Lipinski definition) is 0. The molecule has 0 aliphatic rings. The molecule has 0 aromatic carbocycles. The van der Waals surface area contributed by atoms with Gasteiger partial charge in [0.05, 0.1) is 0 Å². The van der Waals surface area contributed by atoms with Crippen LogP contribution in [-0.2, 0) is 0 Å². The van der Waals surface area contributed by atoms with Gasteiger partial charge in [-0.25, -0.2) is 0 Å². The molecule has 0 saturated heterocycles. The van der Waals surface area contributed by atoms with Gasteiger partial charge in [0.25, 0.3) is 0 Å². The molecule has 0 amide bonds. The minimum Gasteiger partial charge on any atom is -0.105 e. The van der Waals surface area contributed by atoms with E-state index in [2.05, 4.69) is 42.5 Å². The van der Waals surface area contributed by atoms with Gasteiger partial charge in [0.1, 0.15) is 7.85 Å². The first-order valence-corrected chi connectivity index (χ1v) is 8.96. The summed E-state index contributed by atoms with van der Waals surface area (Å²) in [5.41, 5.74) is 0. The summed E-state index contributed by atoms with van der Waals surface area (Å²) in [6.07, 6.45) is 5.66. The van der Waals surface area contributed by atoms with Gasteiger partial charge in [-0.3, -0.25) is 0 Å². The molecular weight excluding hydrogens is 193 g/mol. The molecule has 0 spiro atoms. The summed E-state index contributed by atoms with van der Waals surface area (Å²) in [7, 11) is 3.07. The molecule has 0 atom stereocenters. The summed E-state index contributed by atoms with van der Waals surface area (Å²) in [6.45, 7) is 12.0. The highest BCUT2D eigenvalue weighted by Gasteiger charge is 2.32. The fraction of sp³-hybridized carbons (Fsp3) is 1.00. The smallest absolute Gasteiger partial charge is 0.105 e. The first kappa shape index (κ1) is 13.9. The van der Waals surface area contributed by atoms with Crippen molar-refractivity contribution in [2.75, 3.05) is 24.6 Å². The van der Waals surface area contributed by atoms with E-state index in [4.69, 9.17) is 0 Å². The highest BCUT2D eigenvalue weighted by Crippen LogP contribution is 2.64. The number of hydrogen-bond donors (Lipinski definition) is 0. The summed E-state index contributed by atoms with van der Waals surface area (Å²) >= 11 is 0. The zero-order valence-corrected chi connectivity index (χ0v) is 12.0. The van der Waals surface area contributed by atoms with Crippen molar-refractivity contribution < 1.29 is 0 Å². The Hall–Kier alpha value is 0.925. The van der Waals surface area contributed by atoms with Crippen molar-refractivity contribution in [2.24, 2.45) is 0 Å². The highest BCUT2D eigenvalue weighted by molar-refractivity contribution is 7.79. The lowest BCUT2D eigenvalue weighted by Gasteiger charge is -2.41. The van der Waals surface area contributed by atoms with Crippen molar-refractivity contribution in [1.82, 2.24) is 0 Å². The molecule has 0 aromatic rings. The van der Waals surface area contributed by atoms with E-state index < -0.39 is 0 Å². The predicted octanol–water partition coefficient (Wildman–Crippen LogP) is 3.34. The standard InChI is InChI=1S/C10H25BP2/c1-6-12(7-2)10(5,11)13(8-3)9-4/h6-9,11H2,1-5H3. The Morgan fingerprint density at radius 1 is 0.846 bits per heavy atom. The summed E-state index contributed by atoms with van der Waals surface area (Å²) in [6, 6.07) is 0. The first-order chi connectivity index (χ1) is 6.04. The van der Waals surface area contributed by atoms with Crippen molar-refractivity contribution in [3.8, 4) is 0 Å². The SMILES string of the molecule is BC(C)(P(CC)CC)P(CC)CC. The zero-order chi connectivity index (χ0) is 10.5. The molecule has 0 aromatic heterocycles. The van der Waals surface area contributed by atoms with Gasteiger partial charge in [-0.05, 0) is 29.4 Å². The van der Waals surface area contributed by atoms with Crippen molar-refractivity contribution in [3.05, 3.63) is 0 Å². The van der Waals surface area contributed by atoms with Crippen LogP contribution >= 0.6 is 15.8 Å². The Morgan fingerprint density at radius 2 is 1.08 bits per heavy atom. The van der Waals surface area contributed by atoms with Crippen LogP contribution in [0.2, 0.25) is 0 Å². The molecular formula is C10H25BP2. The lowest BCUT2D eigenvalue weighted by molar-refractivity contribution is 1.17. The Bertz CT molecular complexity index is 115. The van der Waals surface area contributed by atoms with Crippen LogP contribution < -0.4 is 0 Å². The quantitative estimate of drug-likeness (QED) is 0.473. The van der Waals surface area contributed by atoms with E-state index >= 15 is 0 Å². The minimum atomic E-state index is 0.278. The molecule has 0 aliphatic carbocycles. The maximum atomic E-state index is 2.52. The average molecular weight is 218 g/mol. The van der Waals surface area contributed by atoms with Crippen LogP contribution in [0.5, 0.6) is 0 Å². The summed E-state index contributed by atoms with van der Waals surface area (Å²) in [4.78, 5) is 0.664. The van der Waals surface area contributed by atoms with Gasteiger partial charge in [0, 0.05) is 0 Å². The Kier molecular flexibility index (Phi) is 6.87. The zero-order valence-electron chi connectivity index (χ0n) is 10.2. The van der Waals surface area contributed by atoms with Crippen LogP contribution in [0.1, 0.15) is 34.6 Å². The van der Waals surface area contributed by atoms with E-state index in [1.54, 1.807) is 0 Å². The van der Waals surface area contributed by atoms with E-state index in [1.165, 1.54) is 24.6 Å². The van der Waals surface area contributed by atoms with Crippen molar-refractivity contribution in [1.29, 1.82) is 0 Å². The monoisotopic (exact) mass is 218 g/mol. The maximum absolute atomic E-state index is 2.52. The van der Waals surface area contributed by atoms with E-state index in [9.17, 15) is 0 Å². The average Bonchev–Trinajstić information content (AvgIpc) is 2.07. The topological polar surface area (TPSA) is 0 Å². The van der Waals surface area contributed by atoms with Crippen LogP contribution in [0.25, 0.3) is 0 Å². The third-order valence-corrected chi connectivity index (χ3v) is 10.9. The molecule has 3 heteroatoms. The number of rotatable bonds is 6. The predicted molar refractivity (Wildman–Crippen MR) is 73.0 cm³/mol. The van der Waals surface area contributed by atoms with Gasteiger partial charge in [-0.1, -0.05) is 34.6 Å². The van der Waals surface area contributed by atoms with Gasteiger partial charge in [0.15, 0.2) is 0 Å². The second-order valence-electron chi connectivity index (χ2n) is 3.84. The van der Waals surface area contributed by atoms with E-state index in [1.807, 2.05) is 0 Å². The third-order valence-electron chi connectivity index (χ3n) is 3.07. The van der Waals surface area contributed by atoms with Crippen LogP contribution in [0.4, 0.5) is 0 Å². The summed E-state index contributed by atoms with van der Waals surface area (Å²) in [5.74, 6) is 0.